The van der Waals surface area contributed by atoms with Crippen LogP contribution in [0.5, 0.6) is 0 Å². The molecule has 0 atom stereocenters. The summed E-state index contributed by atoms with van der Waals surface area (Å²) in [5, 5.41) is 8.63. The fraction of sp³-hybridized carbons (Fsp3) is 0.385. The lowest BCUT2D eigenvalue weighted by Crippen LogP contribution is -2.30. The van der Waals surface area contributed by atoms with E-state index in [1.165, 1.54) is 0 Å². The van der Waals surface area contributed by atoms with E-state index in [1.54, 1.807) is 24.3 Å². The zero-order chi connectivity index (χ0) is 14.1. The number of aliphatic hydroxyl groups is 1. The van der Waals surface area contributed by atoms with Crippen LogP contribution in [0.3, 0.4) is 0 Å². The summed E-state index contributed by atoms with van der Waals surface area (Å²) in [6.45, 7) is 2.30. The normalized spacial score (nSPS) is 10.6. The molecule has 0 aromatic heterocycles. The highest BCUT2D eigenvalue weighted by molar-refractivity contribution is 7.90. The first-order valence-electron chi connectivity index (χ1n) is 6.04. The largest absolute Gasteiger partial charge is 0.395 e. The standard InChI is InChI=1S/C13H18N2O3S/c1-2-9-14-19(17,18)15-13-8-5-7-12(11-13)6-3-4-10-16/h5,7-8,11,14-16H,2,4,9-10H2,1H3. The zero-order valence-electron chi connectivity index (χ0n) is 10.8. The van der Waals surface area contributed by atoms with Gasteiger partial charge < -0.3 is 5.11 Å². The first-order valence-corrected chi connectivity index (χ1v) is 7.53. The highest BCUT2D eigenvalue weighted by Gasteiger charge is 2.08. The van der Waals surface area contributed by atoms with Gasteiger partial charge in [0.05, 0.1) is 12.3 Å². The number of benzene rings is 1. The van der Waals surface area contributed by atoms with E-state index in [1.807, 2.05) is 6.92 Å². The van der Waals surface area contributed by atoms with Crippen LogP contribution in [-0.4, -0.2) is 26.7 Å². The predicted molar refractivity (Wildman–Crippen MR) is 75.9 cm³/mol. The van der Waals surface area contributed by atoms with Gasteiger partial charge in [-0.25, -0.2) is 0 Å². The van der Waals surface area contributed by atoms with E-state index in [9.17, 15) is 8.42 Å². The van der Waals surface area contributed by atoms with Crippen LogP contribution in [0.4, 0.5) is 5.69 Å². The molecule has 0 spiro atoms. The smallest absolute Gasteiger partial charge is 0.299 e. The third-order valence-corrected chi connectivity index (χ3v) is 3.21. The molecule has 3 N–H and O–H groups in total. The minimum atomic E-state index is -3.53. The van der Waals surface area contributed by atoms with Crippen molar-refractivity contribution in [2.75, 3.05) is 17.9 Å². The molecule has 1 aromatic rings. The van der Waals surface area contributed by atoms with Crippen molar-refractivity contribution < 1.29 is 13.5 Å². The molecule has 1 rings (SSSR count). The van der Waals surface area contributed by atoms with Crippen LogP contribution < -0.4 is 9.44 Å². The lowest BCUT2D eigenvalue weighted by molar-refractivity contribution is 0.305. The minimum Gasteiger partial charge on any atom is -0.395 e. The minimum absolute atomic E-state index is 0.0141. The van der Waals surface area contributed by atoms with E-state index in [0.717, 1.165) is 6.42 Å². The number of anilines is 1. The second-order valence-corrected chi connectivity index (χ2v) is 5.36. The Hall–Kier alpha value is -1.55. The Kier molecular flexibility index (Phi) is 6.36. The second-order valence-electron chi connectivity index (χ2n) is 3.86. The van der Waals surface area contributed by atoms with Gasteiger partial charge in [-0.15, -0.1) is 0 Å². The average Bonchev–Trinajstić information content (AvgIpc) is 2.37. The van der Waals surface area contributed by atoms with E-state index in [2.05, 4.69) is 21.3 Å². The number of nitrogens with one attached hydrogen (secondary N) is 2. The summed E-state index contributed by atoms with van der Waals surface area (Å²) in [6, 6.07) is 6.81. The summed E-state index contributed by atoms with van der Waals surface area (Å²) < 4.78 is 28.1. The molecule has 5 nitrogen and oxygen atoms in total. The van der Waals surface area contributed by atoms with Crippen molar-refractivity contribution >= 4 is 15.9 Å². The molecule has 0 saturated heterocycles. The van der Waals surface area contributed by atoms with Crippen molar-refractivity contribution in [3.05, 3.63) is 29.8 Å². The van der Waals surface area contributed by atoms with E-state index < -0.39 is 10.2 Å². The maximum atomic E-state index is 11.6. The van der Waals surface area contributed by atoms with Gasteiger partial charge in [0.1, 0.15) is 0 Å². The van der Waals surface area contributed by atoms with Crippen LogP contribution in [0.25, 0.3) is 0 Å². The second kappa shape index (κ2) is 7.79. The Morgan fingerprint density at radius 1 is 1.37 bits per heavy atom. The van der Waals surface area contributed by atoms with E-state index in [0.29, 0.717) is 24.2 Å². The van der Waals surface area contributed by atoms with Crippen molar-refractivity contribution in [2.45, 2.75) is 19.8 Å². The van der Waals surface area contributed by atoms with Crippen LogP contribution in [0.15, 0.2) is 24.3 Å². The Bertz CT molecular complexity index is 559. The monoisotopic (exact) mass is 282 g/mol. The third-order valence-electron chi connectivity index (χ3n) is 2.13. The van der Waals surface area contributed by atoms with Crippen molar-refractivity contribution in [3.8, 4) is 11.8 Å². The summed E-state index contributed by atoms with van der Waals surface area (Å²) in [5.41, 5.74) is 1.16. The van der Waals surface area contributed by atoms with Gasteiger partial charge in [0, 0.05) is 18.5 Å². The van der Waals surface area contributed by atoms with Crippen molar-refractivity contribution in [1.82, 2.24) is 4.72 Å². The van der Waals surface area contributed by atoms with Gasteiger partial charge in [-0.2, -0.15) is 13.1 Å². The Balaban J connectivity index is 2.75. The quantitative estimate of drug-likeness (QED) is 0.683. The lowest BCUT2D eigenvalue weighted by atomic mass is 10.2. The molecule has 19 heavy (non-hydrogen) atoms. The molecular weight excluding hydrogens is 264 g/mol. The van der Waals surface area contributed by atoms with E-state index >= 15 is 0 Å². The van der Waals surface area contributed by atoms with Gasteiger partial charge in [0.25, 0.3) is 10.2 Å². The van der Waals surface area contributed by atoms with Gasteiger partial charge in [-0.3, -0.25) is 4.72 Å². The molecule has 0 heterocycles. The number of aliphatic hydroxyl groups excluding tert-OH is 1. The van der Waals surface area contributed by atoms with Gasteiger partial charge in [-0.05, 0) is 24.6 Å². The van der Waals surface area contributed by atoms with Gasteiger partial charge >= 0.3 is 0 Å². The van der Waals surface area contributed by atoms with Crippen LogP contribution >= 0.6 is 0 Å². The van der Waals surface area contributed by atoms with Gasteiger partial charge in [0.15, 0.2) is 0 Å². The van der Waals surface area contributed by atoms with Crippen molar-refractivity contribution in [3.63, 3.8) is 0 Å². The van der Waals surface area contributed by atoms with Crippen LogP contribution in [0, 0.1) is 11.8 Å². The molecule has 0 radical (unpaired) electrons. The average molecular weight is 282 g/mol. The Morgan fingerprint density at radius 3 is 2.84 bits per heavy atom. The molecule has 0 bridgehead atoms. The maximum absolute atomic E-state index is 11.6. The molecule has 0 aliphatic rings. The first-order chi connectivity index (χ1) is 9.07. The summed E-state index contributed by atoms with van der Waals surface area (Å²) in [5.74, 6) is 5.63. The molecule has 6 heteroatoms. The third kappa shape index (κ3) is 6.25. The molecule has 0 aliphatic heterocycles. The van der Waals surface area contributed by atoms with Gasteiger partial charge in [-0.1, -0.05) is 24.8 Å². The summed E-state index contributed by atoms with van der Waals surface area (Å²) >= 11 is 0. The maximum Gasteiger partial charge on any atom is 0.299 e. The Labute approximate surface area is 114 Å². The van der Waals surface area contributed by atoms with Crippen LogP contribution in [-0.2, 0) is 10.2 Å². The summed E-state index contributed by atoms with van der Waals surface area (Å²) in [7, 11) is -3.53. The molecular formula is C13H18N2O3S. The first kappa shape index (κ1) is 15.5. The molecule has 0 unspecified atom stereocenters. The highest BCUT2D eigenvalue weighted by atomic mass is 32.2. The van der Waals surface area contributed by atoms with Crippen molar-refractivity contribution in [2.24, 2.45) is 0 Å². The Morgan fingerprint density at radius 2 is 2.16 bits per heavy atom. The molecule has 0 aliphatic carbocycles. The molecule has 104 valence electrons. The fourth-order valence-corrected chi connectivity index (χ4v) is 2.29. The van der Waals surface area contributed by atoms with Crippen molar-refractivity contribution in [1.29, 1.82) is 0 Å². The summed E-state index contributed by atoms with van der Waals surface area (Å²) in [6.07, 6.45) is 1.13. The van der Waals surface area contributed by atoms with Crippen LogP contribution in [0.1, 0.15) is 25.3 Å². The molecule has 1 aromatic carbocycles. The predicted octanol–water partition coefficient (Wildman–Crippen LogP) is 1.08. The highest BCUT2D eigenvalue weighted by Crippen LogP contribution is 2.11. The summed E-state index contributed by atoms with van der Waals surface area (Å²) in [4.78, 5) is 0. The topological polar surface area (TPSA) is 78.4 Å². The van der Waals surface area contributed by atoms with E-state index in [-0.39, 0.29) is 6.61 Å². The molecule has 0 amide bonds. The SMILES string of the molecule is CCCNS(=O)(=O)Nc1cccc(C#CCCO)c1. The van der Waals surface area contributed by atoms with Crippen LogP contribution in [0.2, 0.25) is 0 Å². The molecule has 0 saturated carbocycles. The fourth-order valence-electron chi connectivity index (χ4n) is 1.31. The number of hydrogen-bond acceptors (Lipinski definition) is 3. The lowest BCUT2D eigenvalue weighted by Gasteiger charge is -2.08. The number of rotatable bonds is 6. The molecule has 0 fully saturated rings. The van der Waals surface area contributed by atoms with Gasteiger partial charge in [0.2, 0.25) is 0 Å². The number of hydrogen-bond donors (Lipinski definition) is 3. The zero-order valence-corrected chi connectivity index (χ0v) is 11.6. The van der Waals surface area contributed by atoms with E-state index in [4.69, 9.17) is 5.11 Å².